The predicted molar refractivity (Wildman–Crippen MR) is 46.8 cm³/mol. The number of carbonyl (C=O) groups excluding carboxylic acids is 1. The van der Waals surface area contributed by atoms with Gasteiger partial charge < -0.3 is 10.1 Å². The van der Waals surface area contributed by atoms with Gasteiger partial charge in [-0.3, -0.25) is 4.79 Å². The first-order valence-corrected chi connectivity index (χ1v) is 4.48. The molecule has 1 rings (SSSR count). The lowest BCUT2D eigenvalue weighted by molar-refractivity contribution is -0.130. The van der Waals surface area contributed by atoms with Crippen LogP contribution in [0, 0.1) is 5.92 Å². The minimum Gasteiger partial charge on any atom is -0.372 e. The summed E-state index contributed by atoms with van der Waals surface area (Å²) in [6.07, 6.45) is 2.18. The Morgan fingerprint density at radius 3 is 2.50 bits per heavy atom. The highest BCUT2D eigenvalue weighted by Gasteiger charge is 2.29. The molecule has 0 aromatic rings. The third-order valence-electron chi connectivity index (χ3n) is 2.42. The first kappa shape index (κ1) is 9.52. The van der Waals surface area contributed by atoms with Gasteiger partial charge in [-0.25, -0.2) is 0 Å². The summed E-state index contributed by atoms with van der Waals surface area (Å²) in [5.41, 5.74) is 0. The van der Waals surface area contributed by atoms with E-state index in [9.17, 15) is 4.79 Å². The Kier molecular flexibility index (Phi) is 3.09. The predicted octanol–water partition coefficient (Wildman–Crippen LogP) is 0.936. The molecule has 12 heavy (non-hydrogen) atoms. The molecular weight excluding hydrogens is 154 g/mol. The van der Waals surface area contributed by atoms with Crippen molar-refractivity contribution in [1.82, 2.24) is 5.32 Å². The standard InChI is InChI=1S/C9H17NO2/c1-6(8-4-5-8)10-9(11)7(2)12-3/h6-8H,4-5H2,1-3H3,(H,10,11). The smallest absolute Gasteiger partial charge is 0.249 e. The second-order valence-electron chi connectivity index (χ2n) is 3.51. The Morgan fingerprint density at radius 1 is 1.50 bits per heavy atom. The molecule has 1 N–H and O–H groups in total. The van der Waals surface area contributed by atoms with Crippen molar-refractivity contribution < 1.29 is 9.53 Å². The first-order chi connectivity index (χ1) is 5.65. The summed E-state index contributed by atoms with van der Waals surface area (Å²) >= 11 is 0. The lowest BCUT2D eigenvalue weighted by atomic mass is 10.2. The highest BCUT2D eigenvalue weighted by molar-refractivity contribution is 5.80. The number of methoxy groups -OCH3 is 1. The van der Waals surface area contributed by atoms with Crippen LogP contribution in [-0.2, 0) is 9.53 Å². The van der Waals surface area contributed by atoms with Gasteiger partial charge >= 0.3 is 0 Å². The Hall–Kier alpha value is -0.570. The van der Waals surface area contributed by atoms with Gasteiger partial charge in [0.1, 0.15) is 6.10 Å². The Morgan fingerprint density at radius 2 is 2.08 bits per heavy atom. The number of amides is 1. The first-order valence-electron chi connectivity index (χ1n) is 4.48. The fraction of sp³-hybridized carbons (Fsp3) is 0.889. The number of hydrogen-bond donors (Lipinski definition) is 1. The summed E-state index contributed by atoms with van der Waals surface area (Å²) in [6.45, 7) is 3.81. The molecule has 1 aliphatic rings. The van der Waals surface area contributed by atoms with Crippen molar-refractivity contribution in [2.24, 2.45) is 5.92 Å². The van der Waals surface area contributed by atoms with Gasteiger partial charge in [0.2, 0.25) is 5.91 Å². The zero-order valence-corrected chi connectivity index (χ0v) is 7.96. The summed E-state index contributed by atoms with van der Waals surface area (Å²) in [7, 11) is 1.55. The second kappa shape index (κ2) is 3.90. The minimum absolute atomic E-state index is 0.00287. The largest absolute Gasteiger partial charge is 0.372 e. The van der Waals surface area contributed by atoms with Crippen molar-refractivity contribution in [2.75, 3.05) is 7.11 Å². The van der Waals surface area contributed by atoms with E-state index in [2.05, 4.69) is 12.2 Å². The van der Waals surface area contributed by atoms with Crippen LogP contribution in [0.3, 0.4) is 0 Å². The maximum Gasteiger partial charge on any atom is 0.249 e. The van der Waals surface area contributed by atoms with Gasteiger partial charge in [0, 0.05) is 13.2 Å². The highest BCUT2D eigenvalue weighted by Crippen LogP contribution is 2.32. The van der Waals surface area contributed by atoms with E-state index < -0.39 is 0 Å². The van der Waals surface area contributed by atoms with Crippen molar-refractivity contribution >= 4 is 5.91 Å². The summed E-state index contributed by atoms with van der Waals surface area (Å²) in [4.78, 5) is 11.3. The molecule has 1 aliphatic carbocycles. The normalized spacial score (nSPS) is 21.6. The maximum atomic E-state index is 11.3. The molecule has 0 spiro atoms. The molecule has 0 aliphatic heterocycles. The quantitative estimate of drug-likeness (QED) is 0.683. The van der Waals surface area contributed by atoms with Gasteiger partial charge in [0.05, 0.1) is 0 Å². The number of hydrogen-bond acceptors (Lipinski definition) is 2. The molecular formula is C9H17NO2. The Labute approximate surface area is 73.5 Å². The Bertz CT molecular complexity index is 166. The van der Waals surface area contributed by atoms with E-state index in [1.807, 2.05) is 0 Å². The molecule has 2 atom stereocenters. The van der Waals surface area contributed by atoms with E-state index in [1.54, 1.807) is 14.0 Å². The van der Waals surface area contributed by atoms with Gasteiger partial charge in [-0.1, -0.05) is 0 Å². The van der Waals surface area contributed by atoms with E-state index in [4.69, 9.17) is 4.74 Å². The van der Waals surface area contributed by atoms with Gasteiger partial charge in [-0.2, -0.15) is 0 Å². The fourth-order valence-electron chi connectivity index (χ4n) is 1.16. The molecule has 2 unspecified atom stereocenters. The van der Waals surface area contributed by atoms with Crippen LogP contribution in [0.1, 0.15) is 26.7 Å². The summed E-state index contributed by atoms with van der Waals surface area (Å²) in [5, 5.41) is 2.93. The number of nitrogens with one attached hydrogen (secondary N) is 1. The molecule has 3 heteroatoms. The molecule has 0 saturated heterocycles. The molecule has 0 radical (unpaired) electrons. The number of ether oxygens (including phenoxy) is 1. The van der Waals surface area contributed by atoms with Crippen LogP contribution >= 0.6 is 0 Å². The van der Waals surface area contributed by atoms with Crippen LogP contribution in [0.5, 0.6) is 0 Å². The Balaban J connectivity index is 2.24. The van der Waals surface area contributed by atoms with Crippen LogP contribution < -0.4 is 5.32 Å². The lowest BCUT2D eigenvalue weighted by Crippen LogP contribution is -2.40. The van der Waals surface area contributed by atoms with Gasteiger partial charge in [-0.15, -0.1) is 0 Å². The van der Waals surface area contributed by atoms with E-state index in [-0.39, 0.29) is 12.0 Å². The molecule has 1 amide bonds. The van der Waals surface area contributed by atoms with Gasteiger partial charge in [0.15, 0.2) is 0 Å². The van der Waals surface area contributed by atoms with Crippen LogP contribution in [0.25, 0.3) is 0 Å². The molecule has 1 fully saturated rings. The topological polar surface area (TPSA) is 38.3 Å². The minimum atomic E-state index is -0.328. The average molecular weight is 171 g/mol. The monoisotopic (exact) mass is 171 g/mol. The molecule has 0 aromatic carbocycles. The average Bonchev–Trinajstić information content (AvgIpc) is 2.84. The van der Waals surface area contributed by atoms with Crippen LogP contribution in [0.4, 0.5) is 0 Å². The third-order valence-corrected chi connectivity index (χ3v) is 2.42. The summed E-state index contributed by atoms with van der Waals surface area (Å²) in [5.74, 6) is 0.704. The van der Waals surface area contributed by atoms with E-state index in [0.29, 0.717) is 12.0 Å². The third kappa shape index (κ3) is 2.48. The number of rotatable bonds is 4. The van der Waals surface area contributed by atoms with Crippen molar-refractivity contribution in [1.29, 1.82) is 0 Å². The van der Waals surface area contributed by atoms with Crippen molar-refractivity contribution in [3.63, 3.8) is 0 Å². The van der Waals surface area contributed by atoms with Gasteiger partial charge in [0.25, 0.3) is 0 Å². The zero-order valence-electron chi connectivity index (χ0n) is 7.96. The van der Waals surface area contributed by atoms with Crippen LogP contribution in [0.15, 0.2) is 0 Å². The van der Waals surface area contributed by atoms with Crippen LogP contribution in [-0.4, -0.2) is 25.2 Å². The number of carbonyl (C=O) groups is 1. The van der Waals surface area contributed by atoms with Crippen molar-refractivity contribution in [2.45, 2.75) is 38.8 Å². The van der Waals surface area contributed by atoms with Crippen molar-refractivity contribution in [3.8, 4) is 0 Å². The molecule has 3 nitrogen and oxygen atoms in total. The molecule has 0 heterocycles. The fourth-order valence-corrected chi connectivity index (χ4v) is 1.16. The molecule has 0 bridgehead atoms. The highest BCUT2D eigenvalue weighted by atomic mass is 16.5. The molecule has 1 saturated carbocycles. The summed E-state index contributed by atoms with van der Waals surface area (Å²) < 4.78 is 4.90. The maximum absolute atomic E-state index is 11.3. The summed E-state index contributed by atoms with van der Waals surface area (Å²) in [6, 6.07) is 0.315. The van der Waals surface area contributed by atoms with Gasteiger partial charge in [-0.05, 0) is 32.6 Å². The van der Waals surface area contributed by atoms with Crippen molar-refractivity contribution in [3.05, 3.63) is 0 Å². The molecule has 0 aromatic heterocycles. The van der Waals surface area contributed by atoms with E-state index >= 15 is 0 Å². The SMILES string of the molecule is COC(C)C(=O)NC(C)C1CC1. The van der Waals surface area contributed by atoms with E-state index in [0.717, 1.165) is 0 Å². The zero-order chi connectivity index (χ0) is 9.14. The second-order valence-corrected chi connectivity index (χ2v) is 3.51. The molecule has 70 valence electrons. The lowest BCUT2D eigenvalue weighted by Gasteiger charge is -2.15. The van der Waals surface area contributed by atoms with Crippen LogP contribution in [0.2, 0.25) is 0 Å². The van der Waals surface area contributed by atoms with E-state index in [1.165, 1.54) is 12.8 Å².